The first kappa shape index (κ1) is 21.0. The van der Waals surface area contributed by atoms with Crippen LogP contribution in [0.1, 0.15) is 10.4 Å². The number of carboxylic acids is 1. The minimum atomic E-state index is -6.28. The van der Waals surface area contributed by atoms with E-state index >= 15 is 0 Å². The summed E-state index contributed by atoms with van der Waals surface area (Å²) >= 11 is 0. The Kier molecular flexibility index (Phi) is 4.90. The van der Waals surface area contributed by atoms with Crippen molar-refractivity contribution in [2.24, 2.45) is 0 Å². The van der Waals surface area contributed by atoms with E-state index in [1.807, 2.05) is 0 Å². The molecule has 0 saturated heterocycles. The summed E-state index contributed by atoms with van der Waals surface area (Å²) in [7, 11) is -6.28. The Labute approximate surface area is 163 Å². The number of benzene rings is 2. The molecule has 3 rings (SSSR count). The molecule has 0 radical (unpaired) electrons. The molecule has 0 spiro atoms. The van der Waals surface area contributed by atoms with Crippen LogP contribution in [0.2, 0.25) is 0 Å². The highest BCUT2D eigenvalue weighted by atomic mass is 32.2. The van der Waals surface area contributed by atoms with Gasteiger partial charge in [0, 0.05) is 5.56 Å². The van der Waals surface area contributed by atoms with E-state index in [-0.39, 0.29) is 5.56 Å². The topological polar surface area (TPSA) is 137 Å². The van der Waals surface area contributed by atoms with Crippen LogP contribution >= 0.6 is 0 Å². The molecule has 0 aliphatic carbocycles. The molecule has 0 atom stereocenters. The molecule has 1 N–H and O–H groups in total. The maximum Gasteiger partial charge on any atom is 0.534 e. The Bertz CT molecular complexity index is 1280. The molecular weight excluding hydrogens is 442 g/mol. The minimum absolute atomic E-state index is 0.00956. The fourth-order valence-electron chi connectivity index (χ4n) is 2.58. The van der Waals surface area contributed by atoms with Crippen molar-refractivity contribution in [3.8, 4) is 17.1 Å². The first-order valence-corrected chi connectivity index (χ1v) is 8.98. The number of nitro benzene ring substituents is 1. The molecule has 0 fully saturated rings. The number of nitrogens with zero attached hydrogens (tertiary/aromatic N) is 1. The lowest BCUT2D eigenvalue weighted by Gasteiger charge is -2.09. The van der Waals surface area contributed by atoms with Crippen molar-refractivity contribution in [1.29, 1.82) is 0 Å². The highest BCUT2D eigenvalue weighted by molar-refractivity contribution is 7.88. The van der Waals surface area contributed by atoms with E-state index < -0.39 is 66.1 Å². The summed E-state index contributed by atoms with van der Waals surface area (Å²) < 4.78 is 82.6. The zero-order valence-electron chi connectivity index (χ0n) is 14.1. The van der Waals surface area contributed by atoms with Crippen molar-refractivity contribution in [2.45, 2.75) is 5.51 Å². The van der Waals surface area contributed by atoms with Crippen molar-refractivity contribution in [1.82, 2.24) is 0 Å². The average Bonchev–Trinajstić information content (AvgIpc) is 3.00. The highest BCUT2D eigenvalue weighted by Crippen LogP contribution is 2.44. The third kappa shape index (κ3) is 3.52. The summed E-state index contributed by atoms with van der Waals surface area (Å²) in [6.07, 6.45) is 0. The second-order valence-electron chi connectivity index (χ2n) is 5.64. The van der Waals surface area contributed by atoms with Gasteiger partial charge >= 0.3 is 27.3 Å². The summed E-state index contributed by atoms with van der Waals surface area (Å²) in [6.45, 7) is 0. The van der Waals surface area contributed by atoms with E-state index in [0.717, 1.165) is 30.3 Å². The Morgan fingerprint density at radius 1 is 1.13 bits per heavy atom. The number of hydrogen-bond donors (Lipinski definition) is 1. The van der Waals surface area contributed by atoms with E-state index in [4.69, 9.17) is 4.42 Å². The quantitative estimate of drug-likeness (QED) is 0.202. The lowest BCUT2D eigenvalue weighted by atomic mass is 10.0. The van der Waals surface area contributed by atoms with Crippen molar-refractivity contribution < 1.29 is 49.4 Å². The zero-order chi connectivity index (χ0) is 22.4. The molecule has 9 nitrogen and oxygen atoms in total. The molecule has 0 aliphatic rings. The Morgan fingerprint density at radius 2 is 1.73 bits per heavy atom. The molecule has 0 unspecified atom stereocenters. The van der Waals surface area contributed by atoms with Gasteiger partial charge in [-0.25, -0.2) is 9.18 Å². The van der Waals surface area contributed by atoms with E-state index in [2.05, 4.69) is 4.18 Å². The van der Waals surface area contributed by atoms with E-state index in [1.54, 1.807) is 0 Å². The van der Waals surface area contributed by atoms with E-state index in [0.29, 0.717) is 6.07 Å². The number of nitro groups is 1. The summed E-state index contributed by atoms with van der Waals surface area (Å²) in [5.74, 6) is -4.27. The molecule has 0 bridgehead atoms. The molecule has 0 aliphatic heterocycles. The lowest BCUT2D eigenvalue weighted by Crippen LogP contribution is -2.28. The molecule has 0 amide bonds. The second kappa shape index (κ2) is 6.98. The van der Waals surface area contributed by atoms with E-state index in [1.165, 1.54) is 0 Å². The number of fused-ring (bicyclic) bond motifs is 1. The van der Waals surface area contributed by atoms with Crippen molar-refractivity contribution in [2.75, 3.05) is 0 Å². The Balaban J connectivity index is 2.35. The van der Waals surface area contributed by atoms with Gasteiger partial charge < -0.3 is 13.7 Å². The van der Waals surface area contributed by atoms with Gasteiger partial charge in [0.15, 0.2) is 0 Å². The number of furan rings is 1. The second-order valence-corrected chi connectivity index (χ2v) is 7.18. The van der Waals surface area contributed by atoms with Gasteiger partial charge in [-0.1, -0.05) is 0 Å². The number of hydrogen-bond acceptors (Lipinski definition) is 7. The van der Waals surface area contributed by atoms with Crippen LogP contribution in [0.15, 0.2) is 40.8 Å². The smallest absolute Gasteiger partial charge is 0.478 e. The van der Waals surface area contributed by atoms with Crippen LogP contribution in [0.4, 0.5) is 23.2 Å². The maximum atomic E-state index is 13.1. The molecule has 1 heterocycles. The fourth-order valence-corrected chi connectivity index (χ4v) is 3.04. The molecular formula is C16H7F4NO8S. The summed E-state index contributed by atoms with van der Waals surface area (Å²) in [5.41, 5.74) is -8.56. The average molecular weight is 449 g/mol. The predicted molar refractivity (Wildman–Crippen MR) is 90.8 cm³/mol. The van der Waals surface area contributed by atoms with Crippen LogP contribution in [0.25, 0.3) is 22.3 Å². The summed E-state index contributed by atoms with van der Waals surface area (Å²) in [4.78, 5) is 22.0. The monoisotopic (exact) mass is 449 g/mol. The first-order chi connectivity index (χ1) is 13.8. The first-order valence-electron chi connectivity index (χ1n) is 7.57. The predicted octanol–water partition coefficient (Wildman–Crippen LogP) is 4.07. The highest BCUT2D eigenvalue weighted by Gasteiger charge is 2.49. The van der Waals surface area contributed by atoms with Crippen LogP contribution in [0.3, 0.4) is 0 Å². The van der Waals surface area contributed by atoms with Crippen molar-refractivity contribution in [3.05, 3.63) is 57.9 Å². The van der Waals surface area contributed by atoms with Gasteiger partial charge in [0.25, 0.3) is 0 Å². The molecule has 0 saturated carbocycles. The van der Waals surface area contributed by atoms with Gasteiger partial charge in [0.1, 0.15) is 28.1 Å². The van der Waals surface area contributed by atoms with Crippen LogP contribution in [-0.2, 0) is 10.1 Å². The number of carbonyl (C=O) groups is 1. The standard InChI is InChI=1S/C16H7F4NO8S/c17-8-3-1-7(2-4-8)14-12(15(22)23)11-9(28-14)5-6-10(13(11)21(24)25)29-30(26,27)16(18,19)20/h1-6H,(H,22,23). The third-order valence-electron chi connectivity index (χ3n) is 3.78. The van der Waals surface area contributed by atoms with E-state index in [9.17, 15) is 46.0 Å². The van der Waals surface area contributed by atoms with Crippen LogP contribution in [0, 0.1) is 15.9 Å². The van der Waals surface area contributed by atoms with Gasteiger partial charge in [-0.15, -0.1) is 0 Å². The van der Waals surface area contributed by atoms with Crippen LogP contribution in [0.5, 0.6) is 5.75 Å². The minimum Gasteiger partial charge on any atom is -0.478 e. The van der Waals surface area contributed by atoms with Gasteiger partial charge in [-0.2, -0.15) is 21.6 Å². The maximum absolute atomic E-state index is 13.1. The van der Waals surface area contributed by atoms with Crippen molar-refractivity contribution in [3.63, 3.8) is 0 Å². The third-order valence-corrected chi connectivity index (χ3v) is 4.74. The molecule has 158 valence electrons. The largest absolute Gasteiger partial charge is 0.534 e. The van der Waals surface area contributed by atoms with Gasteiger partial charge in [-0.3, -0.25) is 10.1 Å². The Morgan fingerprint density at radius 3 is 2.23 bits per heavy atom. The normalized spacial score (nSPS) is 12.1. The van der Waals surface area contributed by atoms with Crippen LogP contribution < -0.4 is 4.18 Å². The fraction of sp³-hybridized carbons (Fsp3) is 0.0625. The van der Waals surface area contributed by atoms with Gasteiger partial charge in [-0.05, 0) is 36.4 Å². The molecule has 2 aromatic carbocycles. The Hall–Kier alpha value is -3.68. The summed E-state index contributed by atoms with van der Waals surface area (Å²) in [6, 6.07) is 5.45. The number of alkyl halides is 3. The summed E-state index contributed by atoms with van der Waals surface area (Å²) in [5, 5.41) is 20.2. The van der Waals surface area contributed by atoms with Crippen molar-refractivity contribution >= 4 is 32.7 Å². The van der Waals surface area contributed by atoms with Gasteiger partial charge in [0.05, 0.1) is 4.92 Å². The molecule has 1 aromatic heterocycles. The van der Waals surface area contributed by atoms with Gasteiger partial charge in [0.2, 0.25) is 5.75 Å². The molecule has 3 aromatic rings. The number of halogens is 4. The molecule has 30 heavy (non-hydrogen) atoms. The van der Waals surface area contributed by atoms with Crippen LogP contribution in [-0.4, -0.2) is 29.9 Å². The number of carboxylic acid groups (broad SMARTS) is 1. The number of aromatic carboxylic acids is 1. The number of rotatable bonds is 5. The SMILES string of the molecule is O=C(O)c1c(-c2ccc(F)cc2)oc2ccc(OS(=O)(=O)C(F)(F)F)c([N+](=O)[O-])c12. The molecule has 14 heteroatoms. The lowest BCUT2D eigenvalue weighted by molar-refractivity contribution is -0.383. The zero-order valence-corrected chi connectivity index (χ0v) is 15.0.